The number of anilines is 1. The summed E-state index contributed by atoms with van der Waals surface area (Å²) in [5.41, 5.74) is 0.743. The van der Waals surface area contributed by atoms with Crippen molar-refractivity contribution < 1.29 is 27.5 Å². The van der Waals surface area contributed by atoms with Crippen molar-refractivity contribution in [1.29, 1.82) is 0 Å². The van der Waals surface area contributed by atoms with Crippen LogP contribution in [-0.2, 0) is 11.3 Å². The molecule has 2 rings (SSSR count). The van der Waals surface area contributed by atoms with Crippen molar-refractivity contribution in [2.45, 2.75) is 26.8 Å². The molecule has 0 atom stereocenters. The fourth-order valence-electron chi connectivity index (χ4n) is 2.06. The molecule has 0 saturated heterocycles. The molecule has 1 aromatic heterocycles. The van der Waals surface area contributed by atoms with Gasteiger partial charge in [0.25, 0.3) is 5.91 Å². The summed E-state index contributed by atoms with van der Waals surface area (Å²) in [6, 6.07) is 6.58. The highest BCUT2D eigenvalue weighted by Crippen LogP contribution is 2.30. The van der Waals surface area contributed by atoms with Gasteiger partial charge in [-0.2, -0.15) is 0 Å². The van der Waals surface area contributed by atoms with Crippen molar-refractivity contribution in [3.05, 3.63) is 52.7 Å². The summed E-state index contributed by atoms with van der Waals surface area (Å²) in [5, 5.41) is 4.97. The molecule has 10 heteroatoms. The van der Waals surface area contributed by atoms with Crippen LogP contribution in [0, 0.1) is 5.92 Å². The highest BCUT2D eigenvalue weighted by molar-refractivity contribution is 6.32. The number of hydrogen-bond donors (Lipinski definition) is 2. The largest absolute Gasteiger partial charge is 0.573 e. The summed E-state index contributed by atoms with van der Waals surface area (Å²) in [5.74, 6) is -1.21. The van der Waals surface area contributed by atoms with Gasteiger partial charge in [0.15, 0.2) is 0 Å². The average Bonchev–Trinajstić information content (AvgIpc) is 2.61. The van der Waals surface area contributed by atoms with E-state index in [1.807, 2.05) is 0 Å². The predicted octanol–water partition coefficient (Wildman–Crippen LogP) is 4.16. The first-order valence-corrected chi connectivity index (χ1v) is 8.52. The van der Waals surface area contributed by atoms with Gasteiger partial charge in [-0.1, -0.05) is 31.5 Å². The zero-order valence-electron chi connectivity index (χ0n) is 14.9. The predicted molar refractivity (Wildman–Crippen MR) is 97.0 cm³/mol. The zero-order valence-corrected chi connectivity index (χ0v) is 15.7. The molecule has 0 fully saturated rings. The first-order chi connectivity index (χ1) is 13.0. The lowest BCUT2D eigenvalue weighted by Gasteiger charge is -2.12. The van der Waals surface area contributed by atoms with Gasteiger partial charge in [-0.15, -0.1) is 13.2 Å². The maximum atomic E-state index is 12.3. The van der Waals surface area contributed by atoms with E-state index in [4.69, 9.17) is 11.6 Å². The van der Waals surface area contributed by atoms with Gasteiger partial charge in [0.1, 0.15) is 11.6 Å². The molecule has 2 aromatic rings. The molecule has 6 nitrogen and oxygen atoms in total. The molecule has 0 unspecified atom stereocenters. The van der Waals surface area contributed by atoms with Crippen LogP contribution in [0.1, 0.15) is 29.8 Å². The van der Waals surface area contributed by atoms with Gasteiger partial charge < -0.3 is 15.4 Å². The Kier molecular flexibility index (Phi) is 6.85. The molecule has 0 radical (unpaired) electrons. The van der Waals surface area contributed by atoms with Crippen LogP contribution in [0.3, 0.4) is 0 Å². The first-order valence-electron chi connectivity index (χ1n) is 8.14. The molecule has 0 aliphatic heterocycles. The Morgan fingerprint density at radius 3 is 2.54 bits per heavy atom. The number of nitrogens with zero attached hydrogens (tertiary/aromatic N) is 1. The third-order valence-corrected chi connectivity index (χ3v) is 3.77. The lowest BCUT2D eigenvalue weighted by atomic mass is 10.2. The molecule has 1 heterocycles. The van der Waals surface area contributed by atoms with Crippen LogP contribution < -0.4 is 15.4 Å². The third-order valence-electron chi connectivity index (χ3n) is 3.47. The third kappa shape index (κ3) is 6.41. The quantitative estimate of drug-likeness (QED) is 0.742. The van der Waals surface area contributed by atoms with E-state index in [9.17, 15) is 22.8 Å². The maximum Gasteiger partial charge on any atom is 0.573 e. The number of hydrogen-bond acceptors (Lipinski definition) is 4. The second-order valence-electron chi connectivity index (χ2n) is 6.07. The Morgan fingerprint density at radius 1 is 1.21 bits per heavy atom. The number of pyridine rings is 1. The van der Waals surface area contributed by atoms with Gasteiger partial charge >= 0.3 is 6.36 Å². The van der Waals surface area contributed by atoms with Crippen LogP contribution >= 0.6 is 11.6 Å². The topological polar surface area (TPSA) is 80.3 Å². The van der Waals surface area contributed by atoms with Gasteiger partial charge in [0.2, 0.25) is 5.91 Å². The molecule has 28 heavy (non-hydrogen) atoms. The van der Waals surface area contributed by atoms with E-state index in [1.54, 1.807) is 13.8 Å². The summed E-state index contributed by atoms with van der Waals surface area (Å²) in [6.45, 7) is 3.48. The van der Waals surface area contributed by atoms with E-state index in [-0.39, 0.29) is 34.8 Å². The highest BCUT2D eigenvalue weighted by Gasteiger charge is 2.32. The summed E-state index contributed by atoms with van der Waals surface area (Å²) >= 11 is 5.78. The highest BCUT2D eigenvalue weighted by atomic mass is 35.5. The molecule has 0 bridgehead atoms. The average molecular weight is 416 g/mol. The number of amides is 2. The van der Waals surface area contributed by atoms with Crippen molar-refractivity contribution >= 4 is 29.2 Å². The number of nitrogens with one attached hydrogen (secondary N) is 2. The monoisotopic (exact) mass is 415 g/mol. The molecular formula is C18H17ClF3N3O3. The fraction of sp³-hybridized carbons (Fsp3) is 0.278. The fourth-order valence-corrected chi connectivity index (χ4v) is 2.30. The van der Waals surface area contributed by atoms with Gasteiger partial charge in [0.05, 0.1) is 5.02 Å². The Morgan fingerprint density at radius 2 is 1.93 bits per heavy atom. The van der Waals surface area contributed by atoms with E-state index in [1.165, 1.54) is 30.5 Å². The molecule has 0 aliphatic carbocycles. The number of rotatable bonds is 6. The minimum Gasteiger partial charge on any atom is -0.404 e. The minimum atomic E-state index is -4.84. The number of halogens is 4. The molecule has 1 aromatic carbocycles. The Balaban J connectivity index is 2.00. The molecular weight excluding hydrogens is 399 g/mol. The van der Waals surface area contributed by atoms with Crippen LogP contribution in [0.2, 0.25) is 5.02 Å². The number of carbonyl (C=O) groups is 2. The second kappa shape index (κ2) is 8.92. The number of alkyl halides is 3. The minimum absolute atomic E-state index is 0.0286. The molecule has 0 aliphatic rings. The van der Waals surface area contributed by atoms with E-state index in [0.717, 1.165) is 6.07 Å². The van der Waals surface area contributed by atoms with Crippen LogP contribution in [0.25, 0.3) is 0 Å². The van der Waals surface area contributed by atoms with Crippen LogP contribution in [0.4, 0.5) is 19.0 Å². The Bertz CT molecular complexity index is 873. The van der Waals surface area contributed by atoms with Crippen molar-refractivity contribution in [3.8, 4) is 5.75 Å². The Labute approximate surface area is 164 Å². The Hall–Kier alpha value is -2.81. The van der Waals surface area contributed by atoms with Crippen molar-refractivity contribution in [3.63, 3.8) is 0 Å². The lowest BCUT2D eigenvalue weighted by molar-refractivity contribution is -0.274. The van der Waals surface area contributed by atoms with E-state index in [0.29, 0.717) is 5.56 Å². The van der Waals surface area contributed by atoms with Gasteiger partial charge in [0, 0.05) is 24.2 Å². The number of benzene rings is 1. The van der Waals surface area contributed by atoms with Crippen molar-refractivity contribution in [1.82, 2.24) is 10.3 Å². The summed E-state index contributed by atoms with van der Waals surface area (Å²) in [6.07, 6.45) is -3.46. The molecule has 0 saturated carbocycles. The SMILES string of the molecule is CC(C)C(=O)Nc1cc(C(=O)NCc2ccc(OC(F)(F)F)c(Cl)c2)ccn1. The van der Waals surface area contributed by atoms with Crippen molar-refractivity contribution in [2.75, 3.05) is 5.32 Å². The van der Waals surface area contributed by atoms with Crippen LogP contribution in [0.5, 0.6) is 5.75 Å². The second-order valence-corrected chi connectivity index (χ2v) is 6.48. The molecule has 0 spiro atoms. The maximum absolute atomic E-state index is 12.3. The summed E-state index contributed by atoms with van der Waals surface area (Å²) in [7, 11) is 0. The molecule has 2 N–H and O–H groups in total. The standard InChI is InChI=1S/C18H17ClF3N3O3/c1-10(2)16(26)25-15-8-12(5-6-23-15)17(27)24-9-11-3-4-14(13(19)7-11)28-18(20,21)22/h3-8,10H,9H2,1-2H3,(H,24,27)(H,23,25,26). The van der Waals surface area contributed by atoms with Gasteiger partial charge in [-0.3, -0.25) is 9.59 Å². The molecule has 150 valence electrons. The number of carbonyl (C=O) groups excluding carboxylic acids is 2. The normalized spacial score (nSPS) is 11.2. The molecule has 2 amide bonds. The van der Waals surface area contributed by atoms with Crippen LogP contribution in [-0.4, -0.2) is 23.2 Å². The summed E-state index contributed by atoms with van der Waals surface area (Å²) < 4.78 is 40.5. The first kappa shape index (κ1) is 21.5. The van der Waals surface area contributed by atoms with Crippen LogP contribution in [0.15, 0.2) is 36.5 Å². The van der Waals surface area contributed by atoms with Crippen molar-refractivity contribution in [2.24, 2.45) is 5.92 Å². The smallest absolute Gasteiger partial charge is 0.404 e. The van der Waals surface area contributed by atoms with E-state index < -0.39 is 18.0 Å². The number of aromatic nitrogens is 1. The van der Waals surface area contributed by atoms with E-state index in [2.05, 4.69) is 20.4 Å². The summed E-state index contributed by atoms with van der Waals surface area (Å²) in [4.78, 5) is 28.0. The zero-order chi connectivity index (χ0) is 20.9. The van der Waals surface area contributed by atoms with Gasteiger partial charge in [-0.05, 0) is 29.8 Å². The lowest BCUT2D eigenvalue weighted by Crippen LogP contribution is -2.24. The van der Waals surface area contributed by atoms with E-state index >= 15 is 0 Å². The van der Waals surface area contributed by atoms with Gasteiger partial charge in [-0.25, -0.2) is 4.98 Å². The number of ether oxygens (including phenoxy) is 1.